The second kappa shape index (κ2) is 7.29. The smallest absolute Gasteiger partial charge is 0.239 e. The fourth-order valence-electron chi connectivity index (χ4n) is 2.58. The Hall–Kier alpha value is -1.35. The van der Waals surface area contributed by atoms with Gasteiger partial charge < -0.3 is 10.2 Å². The van der Waals surface area contributed by atoms with Gasteiger partial charge in [0.05, 0.1) is 6.04 Å². The summed E-state index contributed by atoms with van der Waals surface area (Å²) in [5.41, 5.74) is 1.30. The summed E-state index contributed by atoms with van der Waals surface area (Å²) in [6, 6.07) is 10.4. The summed E-state index contributed by atoms with van der Waals surface area (Å²) in [5.74, 6) is 0.288. The van der Waals surface area contributed by atoms with E-state index >= 15 is 0 Å². The van der Waals surface area contributed by atoms with Gasteiger partial charge in [-0.1, -0.05) is 37.3 Å². The zero-order chi connectivity index (χ0) is 13.5. The van der Waals surface area contributed by atoms with Gasteiger partial charge in [-0.25, -0.2) is 0 Å². The molecule has 3 nitrogen and oxygen atoms in total. The average molecular weight is 260 g/mol. The van der Waals surface area contributed by atoms with Gasteiger partial charge in [0, 0.05) is 13.1 Å². The third-order valence-corrected chi connectivity index (χ3v) is 3.68. The minimum atomic E-state index is 0.0458. The van der Waals surface area contributed by atoms with Crippen molar-refractivity contribution < 1.29 is 4.79 Å². The first kappa shape index (κ1) is 14.1. The van der Waals surface area contributed by atoms with Crippen LogP contribution in [0.3, 0.4) is 0 Å². The maximum Gasteiger partial charge on any atom is 0.239 e. The minimum absolute atomic E-state index is 0.0458. The maximum atomic E-state index is 12.3. The Labute approximate surface area is 116 Å². The van der Waals surface area contributed by atoms with E-state index in [1.54, 1.807) is 0 Å². The highest BCUT2D eigenvalue weighted by Crippen LogP contribution is 2.13. The Morgan fingerprint density at radius 3 is 2.84 bits per heavy atom. The van der Waals surface area contributed by atoms with Crippen molar-refractivity contribution in [3.63, 3.8) is 0 Å². The third-order valence-electron chi connectivity index (χ3n) is 3.68. The second-order valence-corrected chi connectivity index (χ2v) is 5.21. The van der Waals surface area contributed by atoms with Crippen molar-refractivity contribution in [1.82, 2.24) is 10.2 Å². The Kier molecular flexibility index (Phi) is 5.40. The fourth-order valence-corrected chi connectivity index (χ4v) is 2.58. The van der Waals surface area contributed by atoms with Crippen molar-refractivity contribution in [3.05, 3.63) is 35.9 Å². The van der Waals surface area contributed by atoms with E-state index in [-0.39, 0.29) is 11.9 Å². The number of carbonyl (C=O) groups excluding carboxylic acids is 1. The SMILES string of the molecule is CCCNC1CCCN(CCc2ccccc2)C1=O. The van der Waals surface area contributed by atoms with Crippen LogP contribution in [0.15, 0.2) is 30.3 Å². The fraction of sp³-hybridized carbons (Fsp3) is 0.562. The Bertz CT molecular complexity index is 391. The summed E-state index contributed by atoms with van der Waals surface area (Å²) < 4.78 is 0. The van der Waals surface area contributed by atoms with Gasteiger partial charge in [-0.3, -0.25) is 4.79 Å². The van der Waals surface area contributed by atoms with Gasteiger partial charge in [-0.05, 0) is 37.8 Å². The standard InChI is InChI=1S/C16H24N2O/c1-2-11-17-15-9-6-12-18(16(15)19)13-10-14-7-4-3-5-8-14/h3-5,7-8,15,17H,2,6,9-13H2,1H3. The molecule has 1 aromatic carbocycles. The van der Waals surface area contributed by atoms with Gasteiger partial charge in [0.2, 0.25) is 5.91 Å². The molecule has 0 radical (unpaired) electrons. The Morgan fingerprint density at radius 2 is 2.11 bits per heavy atom. The maximum absolute atomic E-state index is 12.3. The molecule has 0 spiro atoms. The topological polar surface area (TPSA) is 32.3 Å². The van der Waals surface area contributed by atoms with Crippen LogP contribution in [0, 0.1) is 0 Å². The highest BCUT2D eigenvalue weighted by atomic mass is 16.2. The molecule has 1 aliphatic rings. The average Bonchev–Trinajstić information content (AvgIpc) is 2.46. The third kappa shape index (κ3) is 4.06. The van der Waals surface area contributed by atoms with Crippen molar-refractivity contribution in [2.75, 3.05) is 19.6 Å². The number of carbonyl (C=O) groups is 1. The lowest BCUT2D eigenvalue weighted by Gasteiger charge is -2.32. The number of nitrogens with zero attached hydrogens (tertiary/aromatic N) is 1. The molecule has 104 valence electrons. The molecule has 1 heterocycles. The van der Waals surface area contributed by atoms with Crippen molar-refractivity contribution in [3.8, 4) is 0 Å². The molecule has 19 heavy (non-hydrogen) atoms. The zero-order valence-electron chi connectivity index (χ0n) is 11.8. The molecule has 1 amide bonds. The molecular formula is C16H24N2O. The predicted octanol–water partition coefficient (Wildman–Crippen LogP) is 2.22. The first-order valence-electron chi connectivity index (χ1n) is 7.37. The molecule has 3 heteroatoms. The highest BCUT2D eigenvalue weighted by Gasteiger charge is 2.27. The van der Waals surface area contributed by atoms with Crippen LogP contribution >= 0.6 is 0 Å². The first-order valence-corrected chi connectivity index (χ1v) is 7.37. The van der Waals surface area contributed by atoms with Crippen LogP contribution in [0.1, 0.15) is 31.7 Å². The summed E-state index contributed by atoms with van der Waals surface area (Å²) in [5, 5.41) is 3.36. The lowest BCUT2D eigenvalue weighted by molar-refractivity contribution is -0.135. The van der Waals surface area contributed by atoms with Gasteiger partial charge in [0.25, 0.3) is 0 Å². The number of amides is 1. The Balaban J connectivity index is 1.84. The summed E-state index contributed by atoms with van der Waals surface area (Å²) in [6.45, 7) is 4.82. The first-order chi connectivity index (χ1) is 9.31. The molecule has 1 saturated heterocycles. The normalized spacial score (nSPS) is 19.7. The molecule has 1 fully saturated rings. The van der Waals surface area contributed by atoms with Crippen LogP contribution in [0.4, 0.5) is 0 Å². The van der Waals surface area contributed by atoms with Crippen molar-refractivity contribution in [2.24, 2.45) is 0 Å². The summed E-state index contributed by atoms with van der Waals surface area (Å²) in [7, 11) is 0. The summed E-state index contributed by atoms with van der Waals surface area (Å²) in [6.07, 6.45) is 4.13. The number of piperidine rings is 1. The number of hydrogen-bond acceptors (Lipinski definition) is 2. The van der Waals surface area contributed by atoms with Crippen molar-refractivity contribution >= 4 is 5.91 Å². The van der Waals surface area contributed by atoms with Crippen molar-refractivity contribution in [1.29, 1.82) is 0 Å². The molecule has 1 aromatic rings. The molecular weight excluding hydrogens is 236 g/mol. The minimum Gasteiger partial charge on any atom is -0.341 e. The van der Waals surface area contributed by atoms with E-state index in [9.17, 15) is 4.79 Å². The summed E-state index contributed by atoms with van der Waals surface area (Å²) in [4.78, 5) is 14.3. The van der Waals surface area contributed by atoms with Crippen LogP contribution in [0.25, 0.3) is 0 Å². The van der Waals surface area contributed by atoms with Crippen LogP contribution < -0.4 is 5.32 Å². The van der Waals surface area contributed by atoms with Crippen LogP contribution in [0.5, 0.6) is 0 Å². The van der Waals surface area contributed by atoms with E-state index in [0.29, 0.717) is 0 Å². The van der Waals surface area contributed by atoms with Gasteiger partial charge in [-0.2, -0.15) is 0 Å². The number of likely N-dealkylation sites (tertiary alicyclic amines) is 1. The quantitative estimate of drug-likeness (QED) is 0.850. The largest absolute Gasteiger partial charge is 0.341 e. The number of hydrogen-bond donors (Lipinski definition) is 1. The van der Waals surface area contributed by atoms with E-state index in [2.05, 4.69) is 36.5 Å². The van der Waals surface area contributed by atoms with E-state index in [4.69, 9.17) is 0 Å². The van der Waals surface area contributed by atoms with E-state index < -0.39 is 0 Å². The van der Waals surface area contributed by atoms with E-state index in [0.717, 1.165) is 45.3 Å². The van der Waals surface area contributed by atoms with Crippen LogP contribution in [-0.4, -0.2) is 36.5 Å². The number of nitrogens with one attached hydrogen (secondary N) is 1. The molecule has 0 aromatic heterocycles. The molecule has 1 N–H and O–H groups in total. The number of rotatable bonds is 6. The molecule has 2 rings (SSSR count). The van der Waals surface area contributed by atoms with Crippen LogP contribution in [-0.2, 0) is 11.2 Å². The molecule has 0 aliphatic carbocycles. The van der Waals surface area contributed by atoms with Gasteiger partial charge in [0.15, 0.2) is 0 Å². The van der Waals surface area contributed by atoms with Gasteiger partial charge in [-0.15, -0.1) is 0 Å². The van der Waals surface area contributed by atoms with E-state index in [1.807, 2.05) is 11.0 Å². The molecule has 1 atom stereocenters. The molecule has 0 saturated carbocycles. The van der Waals surface area contributed by atoms with Gasteiger partial charge >= 0.3 is 0 Å². The predicted molar refractivity (Wildman–Crippen MR) is 78.0 cm³/mol. The lowest BCUT2D eigenvalue weighted by atomic mass is 10.0. The van der Waals surface area contributed by atoms with Crippen molar-refractivity contribution in [2.45, 2.75) is 38.6 Å². The lowest BCUT2D eigenvalue weighted by Crippen LogP contribution is -2.51. The molecule has 1 aliphatic heterocycles. The van der Waals surface area contributed by atoms with E-state index in [1.165, 1.54) is 5.56 Å². The summed E-state index contributed by atoms with van der Waals surface area (Å²) >= 11 is 0. The monoisotopic (exact) mass is 260 g/mol. The number of benzene rings is 1. The van der Waals surface area contributed by atoms with Crippen LogP contribution in [0.2, 0.25) is 0 Å². The Morgan fingerprint density at radius 1 is 1.32 bits per heavy atom. The zero-order valence-corrected chi connectivity index (χ0v) is 11.8. The van der Waals surface area contributed by atoms with Gasteiger partial charge in [0.1, 0.15) is 0 Å². The highest BCUT2D eigenvalue weighted by molar-refractivity contribution is 5.82. The second-order valence-electron chi connectivity index (χ2n) is 5.21. The molecule has 1 unspecified atom stereocenters. The molecule has 0 bridgehead atoms.